The summed E-state index contributed by atoms with van der Waals surface area (Å²) in [5.41, 5.74) is 6.31. The third-order valence-corrected chi connectivity index (χ3v) is 2.83. The number of hydrogen-bond acceptors (Lipinski definition) is 5. The lowest BCUT2D eigenvalue weighted by molar-refractivity contribution is 0.101. The van der Waals surface area contributed by atoms with Gasteiger partial charge in [0.05, 0.1) is 12.2 Å². The van der Waals surface area contributed by atoms with Crippen molar-refractivity contribution in [3.05, 3.63) is 18.2 Å². The predicted molar refractivity (Wildman–Crippen MR) is 74.4 cm³/mol. The summed E-state index contributed by atoms with van der Waals surface area (Å²) in [5.74, 6) is 0.965. The van der Waals surface area contributed by atoms with Gasteiger partial charge in [-0.05, 0) is 25.0 Å². The molecule has 0 amide bonds. The van der Waals surface area contributed by atoms with Gasteiger partial charge in [-0.2, -0.15) is 0 Å². The molecular weight excluding hydrogens is 246 g/mol. The van der Waals surface area contributed by atoms with E-state index < -0.39 is 12.2 Å². The zero-order valence-electron chi connectivity index (χ0n) is 11.5. The Hall–Kier alpha value is -1.46. The maximum Gasteiger partial charge on any atom is 0.146 e. The molecule has 0 saturated carbocycles. The average molecular weight is 269 g/mol. The van der Waals surface area contributed by atoms with Crippen LogP contribution in [0.4, 0.5) is 5.69 Å². The van der Waals surface area contributed by atoms with Crippen LogP contribution in [0.15, 0.2) is 18.2 Å². The molecule has 5 heteroatoms. The minimum absolute atomic E-state index is 0.196. The van der Waals surface area contributed by atoms with Gasteiger partial charge in [0.1, 0.15) is 30.4 Å². The van der Waals surface area contributed by atoms with Crippen molar-refractivity contribution >= 4 is 5.69 Å². The van der Waals surface area contributed by atoms with Crippen LogP contribution in [0, 0.1) is 0 Å². The molecule has 0 saturated heterocycles. The number of aliphatic hydroxyl groups is 2. The van der Waals surface area contributed by atoms with E-state index in [1.807, 2.05) is 13.8 Å². The van der Waals surface area contributed by atoms with Crippen molar-refractivity contribution in [2.75, 3.05) is 18.9 Å². The molecule has 0 aliphatic rings. The van der Waals surface area contributed by atoms with E-state index in [0.717, 1.165) is 0 Å². The molecule has 0 spiro atoms. The van der Waals surface area contributed by atoms with Crippen LogP contribution in [0.3, 0.4) is 0 Å². The average Bonchev–Trinajstić information content (AvgIpc) is 2.44. The molecule has 0 bridgehead atoms. The molecule has 2 unspecified atom stereocenters. The highest BCUT2D eigenvalue weighted by atomic mass is 16.5. The number of rotatable bonds is 8. The number of nitrogen functional groups attached to an aromatic ring is 1. The minimum atomic E-state index is -0.508. The molecule has 1 aromatic rings. The molecule has 108 valence electrons. The number of anilines is 1. The Morgan fingerprint density at radius 1 is 1.00 bits per heavy atom. The van der Waals surface area contributed by atoms with Gasteiger partial charge in [-0.1, -0.05) is 19.9 Å². The molecule has 19 heavy (non-hydrogen) atoms. The van der Waals surface area contributed by atoms with Gasteiger partial charge in [0.15, 0.2) is 0 Å². The summed E-state index contributed by atoms with van der Waals surface area (Å²) in [6, 6.07) is 5.21. The first-order valence-electron chi connectivity index (χ1n) is 6.58. The SMILES string of the molecule is CCC(O)COc1cccc(OCC(O)CC)c1N. The van der Waals surface area contributed by atoms with E-state index in [9.17, 15) is 10.2 Å². The van der Waals surface area contributed by atoms with Crippen LogP contribution in [-0.2, 0) is 0 Å². The summed E-state index contributed by atoms with van der Waals surface area (Å²) < 4.78 is 10.9. The standard InChI is InChI=1S/C14H23NO4/c1-3-10(16)8-18-12-6-5-7-13(14(12)15)19-9-11(17)4-2/h5-7,10-11,16-17H,3-4,8-9,15H2,1-2H3. The fourth-order valence-electron chi connectivity index (χ4n) is 1.38. The lowest BCUT2D eigenvalue weighted by atomic mass is 10.2. The molecule has 4 N–H and O–H groups in total. The van der Waals surface area contributed by atoms with E-state index in [4.69, 9.17) is 15.2 Å². The van der Waals surface area contributed by atoms with Gasteiger partial charge < -0.3 is 25.4 Å². The number of aliphatic hydroxyl groups excluding tert-OH is 2. The number of hydrogen-bond donors (Lipinski definition) is 3. The Balaban J connectivity index is 2.64. The first kappa shape index (κ1) is 15.6. The van der Waals surface area contributed by atoms with E-state index in [-0.39, 0.29) is 13.2 Å². The van der Waals surface area contributed by atoms with Crippen molar-refractivity contribution in [2.45, 2.75) is 38.9 Å². The van der Waals surface area contributed by atoms with Crippen molar-refractivity contribution in [1.29, 1.82) is 0 Å². The number of ether oxygens (including phenoxy) is 2. The van der Waals surface area contributed by atoms with E-state index >= 15 is 0 Å². The van der Waals surface area contributed by atoms with Gasteiger partial charge in [-0.25, -0.2) is 0 Å². The third kappa shape index (κ3) is 4.96. The fourth-order valence-corrected chi connectivity index (χ4v) is 1.38. The Morgan fingerprint density at radius 2 is 1.42 bits per heavy atom. The molecule has 1 aromatic carbocycles. The smallest absolute Gasteiger partial charge is 0.146 e. The molecule has 0 aliphatic heterocycles. The quantitative estimate of drug-likeness (QED) is 0.624. The number of para-hydroxylation sites is 1. The minimum Gasteiger partial charge on any atom is -0.489 e. The van der Waals surface area contributed by atoms with E-state index in [2.05, 4.69) is 0 Å². The van der Waals surface area contributed by atoms with Gasteiger partial charge in [0.2, 0.25) is 0 Å². The van der Waals surface area contributed by atoms with Gasteiger partial charge >= 0.3 is 0 Å². The maximum atomic E-state index is 9.46. The van der Waals surface area contributed by atoms with Crippen molar-refractivity contribution in [2.24, 2.45) is 0 Å². The third-order valence-electron chi connectivity index (χ3n) is 2.83. The highest BCUT2D eigenvalue weighted by Crippen LogP contribution is 2.31. The van der Waals surface area contributed by atoms with Crippen molar-refractivity contribution < 1.29 is 19.7 Å². The van der Waals surface area contributed by atoms with Crippen LogP contribution in [-0.4, -0.2) is 35.6 Å². The maximum absolute atomic E-state index is 9.46. The molecule has 0 fully saturated rings. The summed E-state index contributed by atoms with van der Waals surface area (Å²) in [7, 11) is 0. The highest BCUT2D eigenvalue weighted by molar-refractivity contribution is 5.62. The van der Waals surface area contributed by atoms with Crippen molar-refractivity contribution in [3.8, 4) is 11.5 Å². The first-order chi connectivity index (χ1) is 9.08. The van der Waals surface area contributed by atoms with Crippen LogP contribution in [0.5, 0.6) is 11.5 Å². The van der Waals surface area contributed by atoms with E-state index in [0.29, 0.717) is 30.0 Å². The molecule has 0 aromatic heterocycles. The van der Waals surface area contributed by atoms with Crippen molar-refractivity contribution in [1.82, 2.24) is 0 Å². The molecule has 0 radical (unpaired) electrons. The second-order valence-electron chi connectivity index (χ2n) is 4.41. The Labute approximate surface area is 114 Å². The lowest BCUT2D eigenvalue weighted by Crippen LogP contribution is -2.18. The van der Waals surface area contributed by atoms with E-state index in [1.165, 1.54) is 0 Å². The monoisotopic (exact) mass is 269 g/mol. The normalized spacial score (nSPS) is 13.9. The Morgan fingerprint density at radius 3 is 1.79 bits per heavy atom. The molecular formula is C14H23NO4. The summed E-state index contributed by atoms with van der Waals surface area (Å²) in [6.45, 7) is 4.15. The molecule has 2 atom stereocenters. The zero-order valence-corrected chi connectivity index (χ0v) is 11.5. The van der Waals surface area contributed by atoms with Gasteiger partial charge in [-0.15, -0.1) is 0 Å². The Bertz CT molecular complexity index is 351. The lowest BCUT2D eigenvalue weighted by Gasteiger charge is -2.16. The zero-order chi connectivity index (χ0) is 14.3. The summed E-state index contributed by atoms with van der Waals surface area (Å²) in [4.78, 5) is 0. The number of nitrogens with two attached hydrogens (primary N) is 1. The number of benzene rings is 1. The summed E-state index contributed by atoms with van der Waals surface area (Å²) in [5, 5.41) is 18.9. The van der Waals surface area contributed by atoms with Gasteiger partial charge in [-0.3, -0.25) is 0 Å². The predicted octanol–water partition coefficient (Wildman–Crippen LogP) is 1.57. The molecule has 0 heterocycles. The summed E-state index contributed by atoms with van der Waals surface area (Å²) >= 11 is 0. The molecule has 1 rings (SSSR count). The topological polar surface area (TPSA) is 84.9 Å². The van der Waals surface area contributed by atoms with Gasteiger partial charge in [0, 0.05) is 0 Å². The van der Waals surface area contributed by atoms with Gasteiger partial charge in [0.25, 0.3) is 0 Å². The summed E-state index contributed by atoms with van der Waals surface area (Å²) in [6.07, 6.45) is 0.231. The molecule has 0 aliphatic carbocycles. The largest absolute Gasteiger partial charge is 0.489 e. The highest BCUT2D eigenvalue weighted by Gasteiger charge is 2.10. The van der Waals surface area contributed by atoms with Crippen molar-refractivity contribution in [3.63, 3.8) is 0 Å². The van der Waals surface area contributed by atoms with Crippen LogP contribution in [0.25, 0.3) is 0 Å². The van der Waals surface area contributed by atoms with E-state index in [1.54, 1.807) is 18.2 Å². The Kier molecular flexibility index (Phi) is 6.45. The van der Waals surface area contributed by atoms with Crippen LogP contribution in [0.1, 0.15) is 26.7 Å². The first-order valence-corrected chi connectivity index (χ1v) is 6.58. The molecule has 5 nitrogen and oxygen atoms in total. The van der Waals surface area contributed by atoms with Crippen LogP contribution in [0.2, 0.25) is 0 Å². The van der Waals surface area contributed by atoms with Crippen LogP contribution < -0.4 is 15.2 Å². The second kappa shape index (κ2) is 7.86. The van der Waals surface area contributed by atoms with Crippen LogP contribution >= 0.6 is 0 Å². The second-order valence-corrected chi connectivity index (χ2v) is 4.41. The fraction of sp³-hybridized carbons (Fsp3) is 0.571.